The number of halogens is 2. The minimum atomic E-state index is -0.552. The summed E-state index contributed by atoms with van der Waals surface area (Å²) in [5.41, 5.74) is 1.40. The van der Waals surface area contributed by atoms with Gasteiger partial charge in [0.2, 0.25) is 0 Å². The number of nitrogens with zero attached hydrogens (tertiary/aromatic N) is 2. The molecular formula is C15H16ClFN4O2. The molecule has 0 bridgehead atoms. The highest BCUT2D eigenvalue weighted by Crippen LogP contribution is 2.24. The average molecular weight is 339 g/mol. The number of carbonyl (C=O) groups excluding carboxylic acids is 1. The van der Waals surface area contributed by atoms with E-state index in [4.69, 9.17) is 0 Å². The van der Waals surface area contributed by atoms with E-state index in [1.165, 1.54) is 19.2 Å². The molecule has 0 saturated carbocycles. The lowest BCUT2D eigenvalue weighted by Gasteiger charge is -2.19. The van der Waals surface area contributed by atoms with Gasteiger partial charge in [0.25, 0.3) is 11.5 Å². The van der Waals surface area contributed by atoms with Gasteiger partial charge >= 0.3 is 0 Å². The maximum absolute atomic E-state index is 14.5. The molecule has 2 heterocycles. The largest absolute Gasteiger partial charge is 0.318 e. The third kappa shape index (κ3) is 3.40. The fourth-order valence-corrected chi connectivity index (χ4v) is 2.44. The van der Waals surface area contributed by atoms with Gasteiger partial charge in [-0.15, -0.1) is 12.4 Å². The van der Waals surface area contributed by atoms with Crippen LogP contribution in [-0.4, -0.2) is 22.2 Å². The Morgan fingerprint density at radius 2 is 2.13 bits per heavy atom. The number of rotatable bonds is 2. The molecule has 1 aliphatic rings. The van der Waals surface area contributed by atoms with Crippen molar-refractivity contribution in [2.24, 2.45) is 7.05 Å². The van der Waals surface area contributed by atoms with E-state index in [2.05, 4.69) is 15.7 Å². The maximum atomic E-state index is 14.5. The van der Waals surface area contributed by atoms with Crippen LogP contribution < -0.4 is 16.2 Å². The second-order valence-electron chi connectivity index (χ2n) is 5.13. The lowest BCUT2D eigenvalue weighted by molar-refractivity contribution is 0.101. The quantitative estimate of drug-likeness (QED) is 0.864. The first-order chi connectivity index (χ1) is 10.6. The number of fused-ring (bicyclic) bond motifs is 1. The van der Waals surface area contributed by atoms with Gasteiger partial charge in [0.15, 0.2) is 0 Å². The van der Waals surface area contributed by atoms with Gasteiger partial charge in [0.05, 0.1) is 5.69 Å². The van der Waals surface area contributed by atoms with Gasteiger partial charge in [-0.2, -0.15) is 5.10 Å². The molecule has 6 nitrogen and oxygen atoms in total. The van der Waals surface area contributed by atoms with E-state index in [9.17, 15) is 14.0 Å². The summed E-state index contributed by atoms with van der Waals surface area (Å²) in [4.78, 5) is 23.4. The topological polar surface area (TPSA) is 76.0 Å². The SMILES string of the molecule is Cl.Cn1nc(C(=O)Nc2ccc3c(c2F)CCNC3)ccc1=O. The molecule has 0 atom stereocenters. The highest BCUT2D eigenvalue weighted by molar-refractivity contribution is 6.02. The summed E-state index contributed by atoms with van der Waals surface area (Å²) >= 11 is 0. The van der Waals surface area contributed by atoms with Crippen LogP contribution in [0.25, 0.3) is 0 Å². The summed E-state index contributed by atoms with van der Waals surface area (Å²) in [5, 5.41) is 9.53. The van der Waals surface area contributed by atoms with Crippen molar-refractivity contribution >= 4 is 24.0 Å². The van der Waals surface area contributed by atoms with E-state index in [1.54, 1.807) is 12.1 Å². The van der Waals surface area contributed by atoms with Gasteiger partial charge in [-0.1, -0.05) is 6.07 Å². The number of hydrogen-bond donors (Lipinski definition) is 2. The molecule has 122 valence electrons. The number of hydrogen-bond acceptors (Lipinski definition) is 4. The molecule has 2 aromatic rings. The summed E-state index contributed by atoms with van der Waals surface area (Å²) in [6.45, 7) is 1.34. The highest BCUT2D eigenvalue weighted by atomic mass is 35.5. The molecule has 0 aliphatic carbocycles. The molecule has 1 amide bonds. The predicted octanol–water partition coefficient (Wildman–Crippen LogP) is 1.24. The van der Waals surface area contributed by atoms with Crippen LogP contribution in [0.3, 0.4) is 0 Å². The van der Waals surface area contributed by atoms with Crippen LogP contribution in [0.4, 0.5) is 10.1 Å². The zero-order valence-electron chi connectivity index (χ0n) is 12.4. The molecule has 0 saturated heterocycles. The Morgan fingerprint density at radius 1 is 1.35 bits per heavy atom. The van der Waals surface area contributed by atoms with E-state index in [0.717, 1.165) is 10.2 Å². The van der Waals surface area contributed by atoms with Crippen LogP contribution in [0.5, 0.6) is 0 Å². The zero-order chi connectivity index (χ0) is 15.7. The molecule has 0 spiro atoms. The van der Waals surface area contributed by atoms with Gasteiger partial charge in [-0.3, -0.25) is 9.59 Å². The number of benzene rings is 1. The molecule has 0 radical (unpaired) electrons. The van der Waals surface area contributed by atoms with E-state index in [1.807, 2.05) is 0 Å². The average Bonchev–Trinajstić information content (AvgIpc) is 2.53. The van der Waals surface area contributed by atoms with Crippen LogP contribution in [0.2, 0.25) is 0 Å². The van der Waals surface area contributed by atoms with E-state index in [0.29, 0.717) is 25.1 Å². The Balaban J connectivity index is 0.00000192. The number of nitrogens with one attached hydrogen (secondary N) is 2. The Hall–Kier alpha value is -2.25. The first-order valence-electron chi connectivity index (χ1n) is 6.93. The van der Waals surface area contributed by atoms with Crippen LogP contribution in [0.15, 0.2) is 29.1 Å². The second-order valence-corrected chi connectivity index (χ2v) is 5.13. The van der Waals surface area contributed by atoms with E-state index in [-0.39, 0.29) is 29.3 Å². The third-order valence-corrected chi connectivity index (χ3v) is 3.65. The first kappa shape index (κ1) is 17.1. The van der Waals surface area contributed by atoms with Crippen LogP contribution in [-0.2, 0) is 20.0 Å². The summed E-state index contributed by atoms with van der Waals surface area (Å²) < 4.78 is 15.5. The first-order valence-corrected chi connectivity index (χ1v) is 6.93. The molecular weight excluding hydrogens is 323 g/mol. The number of aryl methyl sites for hydroxylation is 1. The van der Waals surface area contributed by atoms with Gasteiger partial charge in [0, 0.05) is 19.7 Å². The Kier molecular flexibility index (Phi) is 5.12. The lowest BCUT2D eigenvalue weighted by atomic mass is 9.99. The van der Waals surface area contributed by atoms with Gasteiger partial charge in [0.1, 0.15) is 11.5 Å². The minimum absolute atomic E-state index is 0. The van der Waals surface area contributed by atoms with E-state index >= 15 is 0 Å². The summed E-state index contributed by atoms with van der Waals surface area (Å²) in [5.74, 6) is -0.958. The molecule has 1 aliphatic heterocycles. The van der Waals surface area contributed by atoms with Crippen molar-refractivity contribution in [3.8, 4) is 0 Å². The molecule has 3 rings (SSSR count). The number of amides is 1. The normalized spacial score (nSPS) is 13.0. The van der Waals surface area contributed by atoms with Gasteiger partial charge in [-0.25, -0.2) is 9.07 Å². The lowest BCUT2D eigenvalue weighted by Crippen LogP contribution is -2.26. The minimum Gasteiger partial charge on any atom is -0.318 e. The highest BCUT2D eigenvalue weighted by Gasteiger charge is 2.18. The number of aromatic nitrogens is 2. The summed E-state index contributed by atoms with van der Waals surface area (Å²) in [6.07, 6.45) is 0.586. The zero-order valence-corrected chi connectivity index (χ0v) is 13.2. The van der Waals surface area contributed by atoms with Crippen molar-refractivity contribution in [2.45, 2.75) is 13.0 Å². The van der Waals surface area contributed by atoms with Crippen molar-refractivity contribution in [3.63, 3.8) is 0 Å². The smallest absolute Gasteiger partial charge is 0.276 e. The molecule has 0 unspecified atom stereocenters. The molecule has 2 N–H and O–H groups in total. The second kappa shape index (κ2) is 6.89. The number of anilines is 1. The van der Waals surface area contributed by atoms with Gasteiger partial charge < -0.3 is 10.6 Å². The molecule has 23 heavy (non-hydrogen) atoms. The van der Waals surface area contributed by atoms with Crippen LogP contribution >= 0.6 is 12.4 Å². The van der Waals surface area contributed by atoms with Crippen molar-refractivity contribution in [3.05, 3.63) is 57.3 Å². The predicted molar refractivity (Wildman–Crippen MR) is 86.5 cm³/mol. The van der Waals surface area contributed by atoms with Crippen LogP contribution in [0, 0.1) is 5.82 Å². The van der Waals surface area contributed by atoms with E-state index < -0.39 is 11.7 Å². The van der Waals surface area contributed by atoms with Crippen molar-refractivity contribution in [1.82, 2.24) is 15.1 Å². The molecule has 0 fully saturated rings. The van der Waals surface area contributed by atoms with Crippen molar-refractivity contribution in [2.75, 3.05) is 11.9 Å². The Morgan fingerprint density at radius 3 is 2.87 bits per heavy atom. The monoisotopic (exact) mass is 338 g/mol. The summed E-state index contributed by atoms with van der Waals surface area (Å²) in [6, 6.07) is 5.91. The van der Waals surface area contributed by atoms with Crippen LogP contribution in [0.1, 0.15) is 21.6 Å². The summed E-state index contributed by atoms with van der Waals surface area (Å²) in [7, 11) is 1.45. The van der Waals surface area contributed by atoms with Crippen molar-refractivity contribution in [1.29, 1.82) is 0 Å². The molecule has 1 aromatic heterocycles. The standard InChI is InChI=1S/C15H15FN4O2.ClH/c1-20-13(21)5-4-12(19-20)15(22)18-11-3-2-9-8-17-7-6-10(9)14(11)16;/h2-5,17H,6-8H2,1H3,(H,18,22);1H. The maximum Gasteiger partial charge on any atom is 0.276 e. The fourth-order valence-electron chi connectivity index (χ4n) is 2.44. The Bertz CT molecular complexity index is 807. The molecule has 8 heteroatoms. The number of carbonyl (C=O) groups is 1. The third-order valence-electron chi connectivity index (χ3n) is 3.65. The Labute approximate surface area is 138 Å². The molecule has 1 aromatic carbocycles. The van der Waals surface area contributed by atoms with Gasteiger partial charge in [-0.05, 0) is 36.2 Å². The van der Waals surface area contributed by atoms with Crippen molar-refractivity contribution < 1.29 is 9.18 Å². The fraction of sp³-hybridized carbons (Fsp3) is 0.267.